The van der Waals surface area contributed by atoms with E-state index in [4.69, 9.17) is 4.98 Å². The van der Waals surface area contributed by atoms with Gasteiger partial charge in [0.25, 0.3) is 5.91 Å². The number of thiazole rings is 1. The average molecular weight is 418 g/mol. The van der Waals surface area contributed by atoms with Crippen LogP contribution in [0.1, 0.15) is 99.5 Å². The van der Waals surface area contributed by atoms with E-state index in [9.17, 15) is 9.59 Å². The van der Waals surface area contributed by atoms with Gasteiger partial charge in [0, 0.05) is 42.9 Å². The lowest BCUT2D eigenvalue weighted by atomic mass is 9.94. The van der Waals surface area contributed by atoms with Crippen molar-refractivity contribution in [2.75, 3.05) is 13.1 Å². The fraction of sp³-hybridized carbons (Fsp3) is 0.783. The molecule has 2 heterocycles. The lowest BCUT2D eigenvalue weighted by Gasteiger charge is -2.34. The lowest BCUT2D eigenvalue weighted by Crippen LogP contribution is -2.43. The molecule has 5 nitrogen and oxygen atoms in total. The predicted molar refractivity (Wildman–Crippen MR) is 116 cm³/mol. The summed E-state index contributed by atoms with van der Waals surface area (Å²) in [5.74, 6) is 1.23. The maximum absolute atomic E-state index is 13.3. The zero-order valence-corrected chi connectivity index (χ0v) is 18.8. The van der Waals surface area contributed by atoms with Crippen molar-refractivity contribution in [3.8, 4) is 0 Å². The molecule has 0 spiro atoms. The van der Waals surface area contributed by atoms with Crippen LogP contribution in [-0.4, -0.2) is 51.8 Å². The van der Waals surface area contributed by atoms with E-state index in [1.807, 2.05) is 10.3 Å². The number of carbonyl (C=O) groups is 2. The Morgan fingerprint density at radius 1 is 1.07 bits per heavy atom. The van der Waals surface area contributed by atoms with Gasteiger partial charge < -0.3 is 9.80 Å². The molecule has 1 saturated heterocycles. The largest absolute Gasteiger partial charge is 0.343 e. The van der Waals surface area contributed by atoms with Gasteiger partial charge in [-0.15, -0.1) is 11.3 Å². The van der Waals surface area contributed by atoms with Crippen molar-refractivity contribution in [2.24, 2.45) is 5.92 Å². The minimum Gasteiger partial charge on any atom is -0.343 e. The van der Waals surface area contributed by atoms with E-state index in [0.29, 0.717) is 36.0 Å². The molecule has 0 atom stereocenters. The number of piperidine rings is 1. The van der Waals surface area contributed by atoms with Crippen LogP contribution in [0.4, 0.5) is 0 Å². The highest BCUT2D eigenvalue weighted by molar-refractivity contribution is 7.09. The van der Waals surface area contributed by atoms with Crippen molar-refractivity contribution < 1.29 is 9.59 Å². The van der Waals surface area contributed by atoms with E-state index in [1.54, 1.807) is 11.3 Å². The van der Waals surface area contributed by atoms with E-state index in [1.165, 1.54) is 19.3 Å². The summed E-state index contributed by atoms with van der Waals surface area (Å²) >= 11 is 1.64. The molecule has 0 unspecified atom stereocenters. The third-order valence-corrected chi connectivity index (χ3v) is 7.67. The molecule has 4 rings (SSSR count). The number of rotatable bonds is 6. The third kappa shape index (κ3) is 5.01. The Hall–Kier alpha value is -1.43. The SMILES string of the molecule is CC(C)CC(=O)N1CCC(c2nc(C(=O)N(C3CCCCC3)C3CC3)cs2)CC1. The summed E-state index contributed by atoms with van der Waals surface area (Å²) in [6, 6.07) is 0.870. The van der Waals surface area contributed by atoms with Crippen LogP contribution in [0, 0.1) is 5.92 Å². The van der Waals surface area contributed by atoms with Crippen LogP contribution in [0.15, 0.2) is 5.38 Å². The molecule has 3 aliphatic rings. The number of hydrogen-bond acceptors (Lipinski definition) is 4. The lowest BCUT2D eigenvalue weighted by molar-refractivity contribution is -0.133. The van der Waals surface area contributed by atoms with Crippen molar-refractivity contribution in [3.63, 3.8) is 0 Å². The van der Waals surface area contributed by atoms with E-state index < -0.39 is 0 Å². The van der Waals surface area contributed by atoms with Crippen LogP contribution in [0.2, 0.25) is 0 Å². The Morgan fingerprint density at radius 3 is 2.34 bits per heavy atom. The monoisotopic (exact) mass is 417 g/mol. The molecule has 29 heavy (non-hydrogen) atoms. The normalized spacial score (nSPS) is 21.6. The highest BCUT2D eigenvalue weighted by atomic mass is 32.1. The molecule has 2 aliphatic carbocycles. The molecule has 2 amide bonds. The zero-order chi connectivity index (χ0) is 20.4. The van der Waals surface area contributed by atoms with Crippen LogP contribution in [0.25, 0.3) is 0 Å². The molecule has 0 radical (unpaired) electrons. The Kier molecular flexibility index (Phi) is 6.57. The van der Waals surface area contributed by atoms with E-state index >= 15 is 0 Å². The maximum Gasteiger partial charge on any atom is 0.273 e. The molecular weight excluding hydrogens is 382 g/mol. The summed E-state index contributed by atoms with van der Waals surface area (Å²) in [6.45, 7) is 5.82. The number of aromatic nitrogens is 1. The quantitative estimate of drug-likeness (QED) is 0.666. The fourth-order valence-corrected chi connectivity index (χ4v) is 5.87. The number of amides is 2. The summed E-state index contributed by atoms with van der Waals surface area (Å²) in [4.78, 5) is 34.6. The molecule has 3 fully saturated rings. The Labute approximate surface area is 178 Å². The summed E-state index contributed by atoms with van der Waals surface area (Å²) in [5.41, 5.74) is 0.654. The van der Waals surface area contributed by atoms with Gasteiger partial charge >= 0.3 is 0 Å². The number of likely N-dealkylation sites (tertiary alicyclic amines) is 1. The first-order valence-electron chi connectivity index (χ1n) is 11.6. The van der Waals surface area contributed by atoms with Gasteiger partial charge in [0.05, 0.1) is 5.01 Å². The van der Waals surface area contributed by atoms with Crippen LogP contribution in [0.5, 0.6) is 0 Å². The summed E-state index contributed by atoms with van der Waals surface area (Å²) in [6.07, 6.45) is 11.0. The first-order valence-corrected chi connectivity index (χ1v) is 12.5. The molecular formula is C23H35N3O2S. The average Bonchev–Trinajstić information content (AvgIpc) is 3.42. The second kappa shape index (κ2) is 9.15. The van der Waals surface area contributed by atoms with Gasteiger partial charge in [0.15, 0.2) is 0 Å². The minimum atomic E-state index is 0.159. The highest BCUT2D eigenvalue weighted by Crippen LogP contribution is 2.36. The molecule has 0 N–H and O–H groups in total. The molecule has 1 aromatic heterocycles. The summed E-state index contributed by atoms with van der Waals surface area (Å²) in [7, 11) is 0. The van der Waals surface area contributed by atoms with Crippen LogP contribution in [0.3, 0.4) is 0 Å². The van der Waals surface area contributed by atoms with Crippen LogP contribution < -0.4 is 0 Å². The molecule has 0 aromatic carbocycles. The number of carbonyl (C=O) groups excluding carboxylic acids is 2. The third-order valence-electron chi connectivity index (χ3n) is 6.66. The predicted octanol–water partition coefficient (Wildman–Crippen LogP) is 4.83. The van der Waals surface area contributed by atoms with Gasteiger partial charge in [-0.2, -0.15) is 0 Å². The standard InChI is InChI=1S/C23H35N3O2S/c1-16(2)14-21(27)25-12-10-17(11-13-25)22-24-20(15-29-22)23(28)26(19-8-9-19)18-6-4-3-5-7-18/h15-19H,3-14H2,1-2H3. The van der Waals surface area contributed by atoms with Gasteiger partial charge in [-0.1, -0.05) is 33.1 Å². The summed E-state index contributed by atoms with van der Waals surface area (Å²) in [5, 5.41) is 3.07. The van der Waals surface area contributed by atoms with Gasteiger partial charge in [-0.25, -0.2) is 4.98 Å². The van der Waals surface area contributed by atoms with Gasteiger partial charge in [-0.05, 0) is 44.4 Å². The van der Waals surface area contributed by atoms with E-state index in [2.05, 4.69) is 18.7 Å². The van der Waals surface area contributed by atoms with Crippen molar-refractivity contribution in [1.29, 1.82) is 0 Å². The molecule has 2 saturated carbocycles. The number of hydrogen-bond donors (Lipinski definition) is 0. The van der Waals surface area contributed by atoms with E-state index in [0.717, 1.165) is 56.6 Å². The highest BCUT2D eigenvalue weighted by Gasteiger charge is 2.39. The summed E-state index contributed by atoms with van der Waals surface area (Å²) < 4.78 is 0. The molecule has 6 heteroatoms. The topological polar surface area (TPSA) is 53.5 Å². The van der Waals surface area contributed by atoms with Crippen molar-refractivity contribution >= 4 is 23.2 Å². The second-order valence-electron chi connectivity index (χ2n) is 9.56. The first kappa shape index (κ1) is 20.8. The van der Waals surface area contributed by atoms with Crippen molar-refractivity contribution in [2.45, 2.75) is 96.1 Å². The zero-order valence-electron chi connectivity index (χ0n) is 17.9. The first-order chi connectivity index (χ1) is 14.0. The maximum atomic E-state index is 13.3. The van der Waals surface area contributed by atoms with Crippen LogP contribution >= 0.6 is 11.3 Å². The van der Waals surface area contributed by atoms with Gasteiger partial charge in [0.2, 0.25) is 5.91 Å². The van der Waals surface area contributed by atoms with Gasteiger partial charge in [0.1, 0.15) is 5.69 Å². The van der Waals surface area contributed by atoms with Crippen LogP contribution in [-0.2, 0) is 4.79 Å². The van der Waals surface area contributed by atoms with Crippen molar-refractivity contribution in [1.82, 2.24) is 14.8 Å². The Morgan fingerprint density at radius 2 is 1.72 bits per heavy atom. The Bertz CT molecular complexity index is 713. The smallest absolute Gasteiger partial charge is 0.273 e. The van der Waals surface area contributed by atoms with Gasteiger partial charge in [-0.3, -0.25) is 9.59 Å². The molecule has 0 bridgehead atoms. The van der Waals surface area contributed by atoms with Crippen molar-refractivity contribution in [3.05, 3.63) is 16.1 Å². The molecule has 160 valence electrons. The molecule has 1 aliphatic heterocycles. The minimum absolute atomic E-state index is 0.159. The number of nitrogens with zero attached hydrogens (tertiary/aromatic N) is 3. The second-order valence-corrected chi connectivity index (χ2v) is 10.4. The fourth-order valence-electron chi connectivity index (χ4n) is 4.90. The van der Waals surface area contributed by atoms with E-state index in [-0.39, 0.29) is 11.8 Å². The molecule has 1 aromatic rings. The Balaban J connectivity index is 1.37.